The average Bonchev–Trinajstić information content (AvgIpc) is 3.25. The summed E-state index contributed by atoms with van der Waals surface area (Å²) in [4.78, 5) is 30.9. The second kappa shape index (κ2) is 9.30. The van der Waals surface area contributed by atoms with Gasteiger partial charge < -0.3 is 5.32 Å². The molecule has 0 fully saturated rings. The van der Waals surface area contributed by atoms with E-state index in [4.69, 9.17) is 4.98 Å². The molecule has 2 aromatic heterocycles. The Morgan fingerprint density at radius 2 is 1.84 bits per heavy atom. The molecular formula is C25H25N3O2S2. The lowest BCUT2D eigenvalue weighted by Crippen LogP contribution is -2.23. The molecule has 0 radical (unpaired) electrons. The number of benzene rings is 2. The van der Waals surface area contributed by atoms with Crippen molar-refractivity contribution in [1.29, 1.82) is 0 Å². The number of amides is 1. The number of aromatic nitrogens is 2. The third kappa shape index (κ3) is 4.23. The molecule has 1 amide bonds. The van der Waals surface area contributed by atoms with Crippen LogP contribution >= 0.6 is 23.1 Å². The van der Waals surface area contributed by atoms with Crippen molar-refractivity contribution >= 4 is 44.9 Å². The summed E-state index contributed by atoms with van der Waals surface area (Å²) in [5, 5.41) is 5.45. The summed E-state index contributed by atoms with van der Waals surface area (Å²) in [5.74, 6) is 0.0379. The summed E-state index contributed by atoms with van der Waals surface area (Å²) in [6.07, 6.45) is 0.840. The molecule has 164 valence electrons. The smallest absolute Gasteiger partial charge is 0.276 e. The van der Waals surface area contributed by atoms with Gasteiger partial charge in [-0.25, -0.2) is 4.98 Å². The van der Waals surface area contributed by atoms with E-state index < -0.39 is 0 Å². The number of rotatable bonds is 6. The summed E-state index contributed by atoms with van der Waals surface area (Å²) in [6, 6.07) is 13.8. The predicted molar refractivity (Wildman–Crippen MR) is 135 cm³/mol. The second-order valence-corrected chi connectivity index (χ2v) is 9.55. The van der Waals surface area contributed by atoms with Crippen molar-refractivity contribution in [2.75, 3.05) is 11.1 Å². The maximum atomic E-state index is 13.4. The number of aryl methyl sites for hydroxylation is 3. The van der Waals surface area contributed by atoms with Crippen molar-refractivity contribution in [3.63, 3.8) is 0 Å². The van der Waals surface area contributed by atoms with Gasteiger partial charge in [-0.2, -0.15) is 0 Å². The molecule has 1 N–H and O–H groups in total. The zero-order valence-electron chi connectivity index (χ0n) is 18.6. The maximum absolute atomic E-state index is 13.4. The number of fused-ring (bicyclic) bond motifs is 1. The molecule has 4 rings (SSSR count). The first-order valence-corrected chi connectivity index (χ1v) is 12.3. The molecule has 4 aromatic rings. The third-order valence-corrected chi connectivity index (χ3v) is 7.43. The minimum atomic E-state index is -0.119. The maximum Gasteiger partial charge on any atom is 0.276 e. The highest BCUT2D eigenvalue weighted by molar-refractivity contribution is 7.99. The van der Waals surface area contributed by atoms with Crippen molar-refractivity contribution in [2.24, 2.45) is 0 Å². The Labute approximate surface area is 195 Å². The number of carbonyl (C=O) groups is 1. The van der Waals surface area contributed by atoms with E-state index in [0.29, 0.717) is 15.4 Å². The number of hydrogen-bond donors (Lipinski definition) is 1. The Hall–Kier alpha value is -2.90. The van der Waals surface area contributed by atoms with Gasteiger partial charge in [-0.15, -0.1) is 11.3 Å². The van der Waals surface area contributed by atoms with Gasteiger partial charge in [-0.3, -0.25) is 14.2 Å². The standard InChI is InChI=1S/C25H25N3O2S2/c1-5-18-10-6-9-16(3)22(18)27-21(29)14-32-25-26-19-12-13-31-23(19)24(30)28(25)20-11-7-8-15(2)17(20)4/h6-13H,5,14H2,1-4H3,(H,27,29). The van der Waals surface area contributed by atoms with E-state index in [9.17, 15) is 9.59 Å². The van der Waals surface area contributed by atoms with Crippen LogP contribution in [0.2, 0.25) is 0 Å². The fourth-order valence-corrected chi connectivity index (χ4v) is 5.25. The number of hydrogen-bond acceptors (Lipinski definition) is 5. The average molecular weight is 464 g/mol. The molecule has 0 saturated carbocycles. The number of thioether (sulfide) groups is 1. The summed E-state index contributed by atoms with van der Waals surface area (Å²) in [5.41, 5.74) is 6.49. The van der Waals surface area contributed by atoms with Crippen LogP contribution in [0.5, 0.6) is 0 Å². The number of thiophene rings is 1. The molecule has 5 nitrogen and oxygen atoms in total. The summed E-state index contributed by atoms with van der Waals surface area (Å²) in [6.45, 7) is 8.09. The summed E-state index contributed by atoms with van der Waals surface area (Å²) < 4.78 is 2.26. The Kier molecular flexibility index (Phi) is 6.48. The number of nitrogens with zero attached hydrogens (tertiary/aromatic N) is 2. The lowest BCUT2D eigenvalue weighted by molar-refractivity contribution is -0.113. The predicted octanol–water partition coefficient (Wildman–Crippen LogP) is 5.67. The van der Waals surface area contributed by atoms with Crippen LogP contribution in [0.25, 0.3) is 15.9 Å². The van der Waals surface area contributed by atoms with Gasteiger partial charge >= 0.3 is 0 Å². The van der Waals surface area contributed by atoms with Crippen LogP contribution in [0, 0.1) is 20.8 Å². The third-order valence-electron chi connectivity index (χ3n) is 5.60. The van der Waals surface area contributed by atoms with E-state index >= 15 is 0 Å². The van der Waals surface area contributed by atoms with Crippen LogP contribution in [0.1, 0.15) is 29.2 Å². The minimum Gasteiger partial charge on any atom is -0.325 e. The number of carbonyl (C=O) groups excluding carboxylic acids is 1. The van der Waals surface area contributed by atoms with Gasteiger partial charge in [-0.1, -0.05) is 49.0 Å². The molecule has 0 bridgehead atoms. The van der Waals surface area contributed by atoms with Gasteiger partial charge in [0, 0.05) is 5.69 Å². The molecule has 0 aliphatic heterocycles. The lowest BCUT2D eigenvalue weighted by atomic mass is 10.1. The molecule has 0 atom stereocenters. The van der Waals surface area contributed by atoms with E-state index in [0.717, 1.165) is 40.0 Å². The first-order chi connectivity index (χ1) is 15.4. The van der Waals surface area contributed by atoms with E-state index in [-0.39, 0.29) is 17.2 Å². The van der Waals surface area contributed by atoms with E-state index in [2.05, 4.69) is 12.2 Å². The molecule has 2 aromatic carbocycles. The second-order valence-electron chi connectivity index (χ2n) is 7.69. The zero-order valence-corrected chi connectivity index (χ0v) is 20.2. The Bertz CT molecular complexity index is 1370. The topological polar surface area (TPSA) is 64.0 Å². The van der Waals surface area contributed by atoms with Gasteiger partial charge in [-0.05, 0) is 67.0 Å². The SMILES string of the molecule is CCc1cccc(C)c1NC(=O)CSc1nc2ccsc2c(=O)n1-c1cccc(C)c1C. The van der Waals surface area contributed by atoms with Gasteiger partial charge in [0.15, 0.2) is 5.16 Å². The highest BCUT2D eigenvalue weighted by Gasteiger charge is 2.18. The summed E-state index contributed by atoms with van der Waals surface area (Å²) in [7, 11) is 0. The van der Waals surface area contributed by atoms with Crippen LogP contribution in [-0.4, -0.2) is 21.2 Å². The normalized spacial score (nSPS) is 11.1. The van der Waals surface area contributed by atoms with Crippen molar-refractivity contribution in [2.45, 2.75) is 39.3 Å². The Morgan fingerprint density at radius 1 is 1.09 bits per heavy atom. The van der Waals surface area contributed by atoms with Gasteiger partial charge in [0.1, 0.15) is 4.70 Å². The van der Waals surface area contributed by atoms with Crippen LogP contribution in [-0.2, 0) is 11.2 Å². The lowest BCUT2D eigenvalue weighted by Gasteiger charge is -2.16. The molecular weight excluding hydrogens is 438 g/mol. The quantitative estimate of drug-likeness (QED) is 0.296. The van der Waals surface area contributed by atoms with Gasteiger partial charge in [0.05, 0.1) is 17.0 Å². The van der Waals surface area contributed by atoms with Gasteiger partial charge in [0.25, 0.3) is 5.56 Å². The first kappa shape index (κ1) is 22.3. The fourth-order valence-electron chi connectivity index (χ4n) is 3.69. The van der Waals surface area contributed by atoms with Crippen molar-refractivity contribution in [1.82, 2.24) is 9.55 Å². The van der Waals surface area contributed by atoms with Crippen molar-refractivity contribution in [3.8, 4) is 5.69 Å². The monoisotopic (exact) mass is 463 g/mol. The summed E-state index contributed by atoms with van der Waals surface area (Å²) >= 11 is 2.67. The van der Waals surface area contributed by atoms with Crippen LogP contribution in [0.15, 0.2) is 57.8 Å². The van der Waals surface area contributed by atoms with Crippen molar-refractivity contribution in [3.05, 3.63) is 80.5 Å². The molecule has 2 heterocycles. The molecule has 0 aliphatic carbocycles. The van der Waals surface area contributed by atoms with E-state index in [1.807, 2.05) is 68.6 Å². The molecule has 7 heteroatoms. The zero-order chi connectivity index (χ0) is 22.8. The molecule has 32 heavy (non-hydrogen) atoms. The molecule has 0 aliphatic rings. The fraction of sp³-hybridized carbons (Fsp3) is 0.240. The number of anilines is 1. The number of para-hydroxylation sites is 1. The van der Waals surface area contributed by atoms with Crippen LogP contribution in [0.4, 0.5) is 5.69 Å². The molecule has 0 saturated heterocycles. The number of nitrogens with one attached hydrogen (secondary N) is 1. The van der Waals surface area contributed by atoms with E-state index in [1.165, 1.54) is 23.1 Å². The molecule has 0 unspecified atom stereocenters. The minimum absolute atomic E-state index is 0.103. The first-order valence-electron chi connectivity index (χ1n) is 10.5. The van der Waals surface area contributed by atoms with Gasteiger partial charge in [0.2, 0.25) is 5.91 Å². The van der Waals surface area contributed by atoms with E-state index in [1.54, 1.807) is 4.57 Å². The van der Waals surface area contributed by atoms with Crippen LogP contribution < -0.4 is 10.9 Å². The highest BCUT2D eigenvalue weighted by atomic mass is 32.2. The Morgan fingerprint density at radius 3 is 2.62 bits per heavy atom. The van der Waals surface area contributed by atoms with Crippen molar-refractivity contribution < 1.29 is 4.79 Å². The largest absolute Gasteiger partial charge is 0.325 e. The Balaban J connectivity index is 1.68. The highest BCUT2D eigenvalue weighted by Crippen LogP contribution is 2.27. The molecule has 0 spiro atoms. The van der Waals surface area contributed by atoms with Crippen LogP contribution in [0.3, 0.4) is 0 Å².